The molecule has 0 radical (unpaired) electrons. The molecule has 1 aliphatic carbocycles. The number of nitrogens with zero attached hydrogens (tertiary/aromatic N) is 3. The first-order valence-electron chi connectivity index (χ1n) is 12.1. The van der Waals surface area contributed by atoms with Gasteiger partial charge < -0.3 is 9.64 Å². The maximum Gasteiger partial charge on any atom is 0.422 e. The molecule has 2 aromatic rings. The second-order valence-electron chi connectivity index (χ2n) is 9.55. The molecule has 1 aliphatic heterocycles. The summed E-state index contributed by atoms with van der Waals surface area (Å²) < 4.78 is 41.9. The lowest BCUT2D eigenvalue weighted by molar-refractivity contribution is -0.153. The summed E-state index contributed by atoms with van der Waals surface area (Å²) in [5.74, 6) is 1.54. The summed E-state index contributed by atoms with van der Waals surface area (Å²) >= 11 is 2.87. The smallest absolute Gasteiger partial charge is 0.422 e. The van der Waals surface area contributed by atoms with Crippen LogP contribution < -0.4 is 4.74 Å². The van der Waals surface area contributed by atoms with Crippen LogP contribution in [0.3, 0.4) is 0 Å². The van der Waals surface area contributed by atoms with E-state index < -0.39 is 12.8 Å². The van der Waals surface area contributed by atoms with E-state index in [0.29, 0.717) is 30.5 Å². The molecule has 1 fully saturated rings. The zero-order chi connectivity index (χ0) is 24.1. The number of thiazole rings is 2. The van der Waals surface area contributed by atoms with Gasteiger partial charge in [-0.25, -0.2) is 9.97 Å². The third-order valence-corrected chi connectivity index (χ3v) is 8.77. The fraction of sp³-hybridized carbons (Fsp3) is 0.708. The van der Waals surface area contributed by atoms with E-state index in [0.717, 1.165) is 65.8 Å². The van der Waals surface area contributed by atoms with Crippen molar-refractivity contribution in [3.05, 3.63) is 26.7 Å². The number of aryl methyl sites for hydroxylation is 1. The summed E-state index contributed by atoms with van der Waals surface area (Å²) in [6, 6.07) is 0. The Bertz CT molecular complexity index is 926. The molecule has 0 atom stereocenters. The van der Waals surface area contributed by atoms with Gasteiger partial charge in [0, 0.05) is 41.9 Å². The Labute approximate surface area is 206 Å². The molecule has 0 spiro atoms. The molecule has 4 rings (SSSR count). The van der Waals surface area contributed by atoms with E-state index in [4.69, 9.17) is 4.74 Å². The van der Waals surface area contributed by atoms with E-state index in [-0.39, 0.29) is 5.19 Å². The Balaban J connectivity index is 1.13. The molecule has 10 heteroatoms. The third kappa shape index (κ3) is 7.75. The number of rotatable bonds is 9. The van der Waals surface area contributed by atoms with Crippen molar-refractivity contribution in [3.63, 3.8) is 0 Å². The quantitative estimate of drug-likeness (QED) is 0.432. The number of ether oxygens (including phenoxy) is 1. The Morgan fingerprint density at radius 2 is 1.88 bits per heavy atom. The minimum absolute atomic E-state index is 0.132. The first-order valence-corrected chi connectivity index (χ1v) is 13.7. The zero-order valence-electron chi connectivity index (χ0n) is 19.5. The van der Waals surface area contributed by atoms with Gasteiger partial charge >= 0.3 is 6.18 Å². The molecule has 188 valence electrons. The number of hydrogen-bond acceptors (Lipinski definition) is 7. The van der Waals surface area contributed by atoms with Crippen LogP contribution in [0.15, 0.2) is 6.20 Å². The minimum Gasteiger partial charge on any atom is -0.460 e. The number of aromatic nitrogens is 2. The van der Waals surface area contributed by atoms with Gasteiger partial charge in [-0.2, -0.15) is 13.2 Å². The van der Waals surface area contributed by atoms with E-state index in [1.54, 1.807) is 11.3 Å². The second kappa shape index (κ2) is 11.5. The molecule has 1 saturated carbocycles. The van der Waals surface area contributed by atoms with E-state index in [1.165, 1.54) is 30.6 Å². The second-order valence-corrected chi connectivity index (χ2v) is 11.9. The van der Waals surface area contributed by atoms with E-state index in [9.17, 15) is 18.0 Å². The first kappa shape index (κ1) is 25.6. The number of carbonyl (C=O) groups excluding carboxylic acids is 1. The molecular weight excluding hydrogens is 483 g/mol. The number of alkyl halides is 3. The summed E-state index contributed by atoms with van der Waals surface area (Å²) in [4.78, 5) is 25.7. The normalized spacial score (nSPS) is 21.8. The highest BCUT2D eigenvalue weighted by Crippen LogP contribution is 2.34. The van der Waals surface area contributed by atoms with E-state index in [2.05, 4.69) is 14.9 Å². The number of Topliss-reactive ketones (excluding diaryl/α,β-unsaturated/α-hetero) is 1. The molecule has 2 aromatic heterocycles. The largest absolute Gasteiger partial charge is 0.460 e. The van der Waals surface area contributed by atoms with Crippen molar-refractivity contribution >= 4 is 28.5 Å². The zero-order valence-corrected chi connectivity index (χ0v) is 21.2. The Kier molecular flexibility index (Phi) is 8.63. The lowest BCUT2D eigenvalue weighted by Gasteiger charge is -2.30. The Hall–Kier alpha value is -1.52. The molecule has 2 aliphatic rings. The summed E-state index contributed by atoms with van der Waals surface area (Å²) in [5.41, 5.74) is 0.891. The van der Waals surface area contributed by atoms with Crippen molar-refractivity contribution in [2.24, 2.45) is 11.8 Å². The van der Waals surface area contributed by atoms with Crippen molar-refractivity contribution in [1.29, 1.82) is 0 Å². The van der Waals surface area contributed by atoms with Gasteiger partial charge in [0.25, 0.3) is 5.19 Å². The summed E-state index contributed by atoms with van der Waals surface area (Å²) in [5, 5.41) is 1.07. The molecule has 0 amide bonds. The van der Waals surface area contributed by atoms with Crippen molar-refractivity contribution in [1.82, 2.24) is 14.9 Å². The third-order valence-electron chi connectivity index (χ3n) is 6.79. The van der Waals surface area contributed by atoms with Gasteiger partial charge in [-0.1, -0.05) is 24.2 Å². The summed E-state index contributed by atoms with van der Waals surface area (Å²) in [6.07, 6.45) is 6.05. The van der Waals surface area contributed by atoms with Crippen LogP contribution in [0.4, 0.5) is 13.2 Å². The van der Waals surface area contributed by atoms with E-state index >= 15 is 0 Å². The molecule has 0 saturated heterocycles. The van der Waals surface area contributed by atoms with Crippen molar-refractivity contribution in [2.45, 2.75) is 70.9 Å². The van der Waals surface area contributed by atoms with Crippen LogP contribution in [0.25, 0.3) is 0 Å². The van der Waals surface area contributed by atoms with Gasteiger partial charge in [0.1, 0.15) is 10.8 Å². The molecule has 3 heterocycles. The van der Waals surface area contributed by atoms with Gasteiger partial charge in [-0.05, 0) is 51.0 Å². The number of halogens is 3. The molecule has 5 nitrogen and oxygen atoms in total. The van der Waals surface area contributed by atoms with Crippen LogP contribution in [0.2, 0.25) is 0 Å². The SMILES string of the molecule is Cc1cnc(CC(=O)CC2CCC(CCN3CCc4nc(OCC(F)(F)F)sc4CC3)CC2)s1. The number of ketones is 1. The van der Waals surface area contributed by atoms with Crippen LogP contribution in [-0.4, -0.2) is 53.1 Å². The molecule has 0 bridgehead atoms. The highest BCUT2D eigenvalue weighted by molar-refractivity contribution is 7.13. The van der Waals surface area contributed by atoms with Crippen LogP contribution in [0, 0.1) is 18.8 Å². The lowest BCUT2D eigenvalue weighted by atomic mass is 9.78. The number of hydrogen-bond donors (Lipinski definition) is 0. The number of carbonyl (C=O) groups is 1. The van der Waals surface area contributed by atoms with E-state index in [1.807, 2.05) is 13.1 Å². The van der Waals surface area contributed by atoms with Crippen LogP contribution in [0.1, 0.15) is 59.0 Å². The maximum atomic E-state index is 12.4. The Morgan fingerprint density at radius 1 is 1.15 bits per heavy atom. The fourth-order valence-corrected chi connectivity index (χ4v) is 6.71. The van der Waals surface area contributed by atoms with Crippen molar-refractivity contribution in [3.8, 4) is 5.19 Å². The first-order chi connectivity index (χ1) is 16.2. The number of fused-ring (bicyclic) bond motifs is 1. The van der Waals surface area contributed by atoms with Crippen LogP contribution in [0.5, 0.6) is 5.19 Å². The standard InChI is InChI=1S/C24H32F3N3O2S2/c1-16-14-28-22(33-16)13-19(31)12-18-4-2-17(3-5-18)6-9-30-10-7-20-21(8-11-30)34-23(29-20)32-15-24(25,26)27/h14,17-18H,2-13,15H2,1H3. The lowest BCUT2D eigenvalue weighted by Crippen LogP contribution is -2.30. The summed E-state index contributed by atoms with van der Waals surface area (Å²) in [6.45, 7) is 3.57. The topological polar surface area (TPSA) is 55.3 Å². The molecular formula is C24H32F3N3O2S2. The highest BCUT2D eigenvalue weighted by atomic mass is 32.1. The summed E-state index contributed by atoms with van der Waals surface area (Å²) in [7, 11) is 0. The predicted octanol–water partition coefficient (Wildman–Crippen LogP) is 5.65. The van der Waals surface area contributed by atoms with Crippen LogP contribution in [-0.2, 0) is 24.1 Å². The van der Waals surface area contributed by atoms with Gasteiger partial charge in [0.05, 0.1) is 12.1 Å². The molecule has 0 aromatic carbocycles. The van der Waals surface area contributed by atoms with Gasteiger partial charge in [-0.15, -0.1) is 11.3 Å². The fourth-order valence-electron chi connectivity index (χ4n) is 4.95. The average molecular weight is 516 g/mol. The van der Waals surface area contributed by atoms with Crippen LogP contribution >= 0.6 is 22.7 Å². The Morgan fingerprint density at radius 3 is 2.59 bits per heavy atom. The predicted molar refractivity (Wildman–Crippen MR) is 128 cm³/mol. The van der Waals surface area contributed by atoms with Gasteiger partial charge in [0.2, 0.25) is 0 Å². The van der Waals surface area contributed by atoms with Crippen molar-refractivity contribution in [2.75, 3.05) is 26.2 Å². The van der Waals surface area contributed by atoms with Gasteiger partial charge in [0.15, 0.2) is 6.61 Å². The molecule has 34 heavy (non-hydrogen) atoms. The average Bonchev–Trinajstić information content (AvgIpc) is 3.32. The molecule has 0 N–H and O–H groups in total. The maximum absolute atomic E-state index is 12.4. The van der Waals surface area contributed by atoms with Crippen molar-refractivity contribution < 1.29 is 22.7 Å². The monoisotopic (exact) mass is 515 g/mol. The molecule has 0 unspecified atom stereocenters. The minimum atomic E-state index is -4.34. The van der Waals surface area contributed by atoms with Gasteiger partial charge in [-0.3, -0.25) is 4.79 Å². The highest BCUT2D eigenvalue weighted by Gasteiger charge is 2.30.